The van der Waals surface area contributed by atoms with E-state index >= 15 is 0 Å². The van der Waals surface area contributed by atoms with Gasteiger partial charge in [0.05, 0.1) is 6.61 Å². The number of hydrogen-bond acceptors (Lipinski definition) is 6. The molecule has 1 aliphatic rings. The van der Waals surface area contributed by atoms with Gasteiger partial charge in [-0.1, -0.05) is 20.8 Å². The molecule has 3 aromatic rings. The van der Waals surface area contributed by atoms with Crippen molar-refractivity contribution in [2.24, 2.45) is 7.05 Å². The molecule has 1 atom stereocenters. The monoisotopic (exact) mass is 578 g/mol. The summed E-state index contributed by atoms with van der Waals surface area (Å²) < 4.78 is 20.4. The molecule has 0 radical (unpaired) electrons. The van der Waals surface area contributed by atoms with Crippen LogP contribution in [0.5, 0.6) is 17.2 Å². The zero-order valence-corrected chi connectivity index (χ0v) is 26.4. The molecule has 1 aliphatic heterocycles. The van der Waals surface area contributed by atoms with Crippen molar-refractivity contribution < 1.29 is 23.5 Å². The highest BCUT2D eigenvalue weighted by molar-refractivity contribution is 6.74. The van der Waals surface area contributed by atoms with E-state index in [9.17, 15) is 9.59 Å². The average Bonchev–Trinajstić information content (AvgIpc) is 3.17. The first-order valence-electron chi connectivity index (χ1n) is 14.1. The molecular formula is C31H42N4O5Si. The molecular weight excluding hydrogens is 536 g/mol. The second-order valence-electron chi connectivity index (χ2n) is 12.2. The smallest absolute Gasteiger partial charge is 0.257 e. The van der Waals surface area contributed by atoms with Crippen molar-refractivity contribution in [3.63, 3.8) is 0 Å². The van der Waals surface area contributed by atoms with Gasteiger partial charge in [-0.05, 0) is 74.8 Å². The van der Waals surface area contributed by atoms with E-state index in [2.05, 4.69) is 44.3 Å². The zero-order chi connectivity index (χ0) is 29.9. The summed E-state index contributed by atoms with van der Waals surface area (Å²) >= 11 is 0. The Morgan fingerprint density at radius 2 is 1.66 bits per heavy atom. The first kappa shape index (κ1) is 30.3. The quantitative estimate of drug-likeness (QED) is 0.280. The number of benzene rings is 2. The number of hydrogen-bond donors (Lipinski definition) is 1. The Kier molecular flexibility index (Phi) is 8.94. The van der Waals surface area contributed by atoms with Crippen molar-refractivity contribution in [3.8, 4) is 17.2 Å². The van der Waals surface area contributed by atoms with E-state index in [1.165, 1.54) is 0 Å². The van der Waals surface area contributed by atoms with E-state index in [0.717, 1.165) is 25.2 Å². The van der Waals surface area contributed by atoms with Crippen LogP contribution in [-0.4, -0.2) is 60.6 Å². The van der Waals surface area contributed by atoms with Gasteiger partial charge >= 0.3 is 0 Å². The second-order valence-corrected chi connectivity index (χ2v) is 17.0. The predicted octanol–water partition coefficient (Wildman–Crippen LogP) is 6.41. The molecule has 41 heavy (non-hydrogen) atoms. The third-order valence-corrected chi connectivity index (χ3v) is 12.3. The number of rotatable bonds is 10. The van der Waals surface area contributed by atoms with Crippen molar-refractivity contribution in [3.05, 3.63) is 65.4 Å². The maximum atomic E-state index is 13.2. The Labute approximate surface area is 243 Å². The normalized spacial score (nSPS) is 14.3. The van der Waals surface area contributed by atoms with E-state index in [-0.39, 0.29) is 23.0 Å². The lowest BCUT2D eigenvalue weighted by Crippen LogP contribution is -2.43. The molecule has 9 nitrogen and oxygen atoms in total. The summed E-state index contributed by atoms with van der Waals surface area (Å²) in [6.45, 7) is 16.9. The number of likely N-dealkylation sites (tertiary alicyclic amines) is 1. The number of nitrogens with zero attached hydrogens (tertiary/aromatic N) is 3. The minimum atomic E-state index is -1.95. The van der Waals surface area contributed by atoms with Crippen LogP contribution >= 0.6 is 0 Å². The Hall–Kier alpha value is -3.63. The van der Waals surface area contributed by atoms with Crippen LogP contribution in [0.2, 0.25) is 18.1 Å². The van der Waals surface area contributed by atoms with Gasteiger partial charge in [-0.15, -0.1) is 0 Å². The van der Waals surface area contributed by atoms with Gasteiger partial charge < -0.3 is 24.1 Å². The molecule has 0 aliphatic carbocycles. The van der Waals surface area contributed by atoms with Gasteiger partial charge in [0.15, 0.2) is 14.1 Å². The summed E-state index contributed by atoms with van der Waals surface area (Å²) in [5.41, 5.74) is 1.91. The Bertz CT molecular complexity index is 1370. The summed E-state index contributed by atoms with van der Waals surface area (Å²) in [4.78, 5) is 27.6. The molecule has 2 aromatic carbocycles. The fourth-order valence-electron chi connectivity index (χ4n) is 3.95. The summed E-state index contributed by atoms with van der Waals surface area (Å²) in [6.07, 6.45) is 0.794. The average molecular weight is 579 g/mol. The summed E-state index contributed by atoms with van der Waals surface area (Å²) in [6, 6.07) is 13.9. The van der Waals surface area contributed by atoms with E-state index in [0.29, 0.717) is 40.8 Å². The number of amides is 2. The lowest BCUT2D eigenvalue weighted by Gasteiger charge is -2.36. The Morgan fingerprint density at radius 1 is 1.00 bits per heavy atom. The topological polar surface area (TPSA) is 94.9 Å². The van der Waals surface area contributed by atoms with Crippen LogP contribution in [0, 0.1) is 6.92 Å². The standard InChI is InChI=1S/C31H42N4O5Si/c1-21-16-28(33-34(21)6)32-29(36)24-17-26(39-22(2)20-38-41(7,8)31(3,4)5)19-27(18-24)40-25-12-10-23(11-13-25)30(37)35-14-9-15-35/h10-13,16-19,22H,9,14-15,20H2,1-8H3,(H,32,33,36). The molecule has 2 heterocycles. The molecule has 1 fully saturated rings. The summed E-state index contributed by atoms with van der Waals surface area (Å²) in [7, 11) is -0.125. The third kappa shape index (κ3) is 7.56. The van der Waals surface area contributed by atoms with Gasteiger partial charge in [0, 0.05) is 49.1 Å². The maximum absolute atomic E-state index is 13.2. The van der Waals surface area contributed by atoms with Crippen molar-refractivity contribution in [2.45, 2.75) is 65.3 Å². The molecule has 220 valence electrons. The Morgan fingerprint density at radius 3 is 2.22 bits per heavy atom. The van der Waals surface area contributed by atoms with Crippen LogP contribution in [0.1, 0.15) is 60.5 Å². The van der Waals surface area contributed by atoms with Crippen LogP contribution in [0.4, 0.5) is 5.82 Å². The lowest BCUT2D eigenvalue weighted by atomic mass is 10.1. The molecule has 0 bridgehead atoms. The van der Waals surface area contributed by atoms with E-state index < -0.39 is 8.32 Å². The molecule has 1 saturated heterocycles. The minimum absolute atomic E-state index is 0.0239. The van der Waals surface area contributed by atoms with Crippen molar-refractivity contribution in [1.82, 2.24) is 14.7 Å². The molecule has 10 heteroatoms. The number of aryl methyl sites for hydroxylation is 2. The van der Waals surface area contributed by atoms with E-state index in [4.69, 9.17) is 13.9 Å². The molecule has 1 aromatic heterocycles. The van der Waals surface area contributed by atoms with Gasteiger partial charge in [-0.25, -0.2) is 0 Å². The van der Waals surface area contributed by atoms with Crippen LogP contribution in [0.25, 0.3) is 0 Å². The third-order valence-electron chi connectivity index (χ3n) is 7.80. The van der Waals surface area contributed by atoms with Crippen molar-refractivity contribution in [1.29, 1.82) is 0 Å². The number of aromatic nitrogens is 2. The highest BCUT2D eigenvalue weighted by Gasteiger charge is 2.37. The highest BCUT2D eigenvalue weighted by atomic mass is 28.4. The summed E-state index contributed by atoms with van der Waals surface area (Å²) in [5, 5.41) is 7.27. The lowest BCUT2D eigenvalue weighted by molar-refractivity contribution is 0.0651. The number of nitrogens with one attached hydrogen (secondary N) is 1. The zero-order valence-electron chi connectivity index (χ0n) is 25.4. The van der Waals surface area contributed by atoms with Gasteiger partial charge in [0.2, 0.25) is 0 Å². The number of anilines is 1. The van der Waals surface area contributed by atoms with Crippen molar-refractivity contribution >= 4 is 25.9 Å². The number of carbonyl (C=O) groups is 2. The largest absolute Gasteiger partial charge is 0.488 e. The number of ether oxygens (including phenoxy) is 2. The summed E-state index contributed by atoms with van der Waals surface area (Å²) in [5.74, 6) is 1.62. The fourth-order valence-corrected chi connectivity index (χ4v) is 5.04. The second kappa shape index (κ2) is 12.1. The molecule has 1 N–H and O–H groups in total. The van der Waals surface area contributed by atoms with E-state index in [1.807, 2.05) is 25.8 Å². The number of carbonyl (C=O) groups excluding carboxylic acids is 2. The van der Waals surface area contributed by atoms with Crippen LogP contribution in [-0.2, 0) is 11.5 Å². The van der Waals surface area contributed by atoms with Crippen LogP contribution in [0.15, 0.2) is 48.5 Å². The van der Waals surface area contributed by atoms with Crippen LogP contribution < -0.4 is 14.8 Å². The minimum Gasteiger partial charge on any atom is -0.488 e. The van der Waals surface area contributed by atoms with Gasteiger partial charge in [-0.2, -0.15) is 5.10 Å². The first-order chi connectivity index (χ1) is 19.2. The fraction of sp³-hybridized carbons (Fsp3) is 0.452. The predicted molar refractivity (Wildman–Crippen MR) is 163 cm³/mol. The van der Waals surface area contributed by atoms with Gasteiger partial charge in [0.1, 0.15) is 23.4 Å². The maximum Gasteiger partial charge on any atom is 0.257 e. The SMILES string of the molecule is Cc1cc(NC(=O)c2cc(Oc3ccc(C(=O)N4CCC4)cc3)cc(OC(C)CO[Si](C)(C)C(C)(C)C)c2)nn1C. The first-order valence-corrected chi connectivity index (χ1v) is 17.0. The van der Waals surface area contributed by atoms with Crippen molar-refractivity contribution in [2.75, 3.05) is 25.0 Å². The highest BCUT2D eigenvalue weighted by Crippen LogP contribution is 2.37. The van der Waals surface area contributed by atoms with E-state index in [1.54, 1.807) is 53.2 Å². The molecule has 4 rings (SSSR count). The Balaban J connectivity index is 1.53. The molecule has 2 amide bonds. The van der Waals surface area contributed by atoms with Gasteiger partial charge in [-0.3, -0.25) is 14.3 Å². The van der Waals surface area contributed by atoms with Crippen LogP contribution in [0.3, 0.4) is 0 Å². The van der Waals surface area contributed by atoms with Gasteiger partial charge in [0.25, 0.3) is 11.8 Å². The molecule has 0 spiro atoms. The molecule has 1 unspecified atom stereocenters. The molecule has 0 saturated carbocycles.